The van der Waals surface area contributed by atoms with E-state index < -0.39 is 18.0 Å². The molecule has 0 saturated heterocycles. The third-order valence-electron chi connectivity index (χ3n) is 7.02. The van der Waals surface area contributed by atoms with Gasteiger partial charge in [0.25, 0.3) is 0 Å². The molecule has 1 aromatic rings. The summed E-state index contributed by atoms with van der Waals surface area (Å²) in [7, 11) is 1.66. The maximum atomic E-state index is 14.0. The van der Waals surface area contributed by atoms with E-state index >= 15 is 0 Å². The van der Waals surface area contributed by atoms with Gasteiger partial charge in [-0.2, -0.15) is 0 Å². The molecule has 5 heteroatoms. The zero-order valence-electron chi connectivity index (χ0n) is 14.1. The second-order valence-electron chi connectivity index (χ2n) is 8.07. The minimum Gasteiger partial charge on any atom is -0.505 e. The summed E-state index contributed by atoms with van der Waals surface area (Å²) in [6.07, 6.45) is 1.36. The number of aliphatic hydroxyl groups excluding tert-OH is 2. The fraction of sp³-hybridized carbons (Fsp3) is 0.684. The summed E-state index contributed by atoms with van der Waals surface area (Å²) in [6.45, 7) is 2.05. The van der Waals surface area contributed by atoms with Crippen molar-refractivity contribution in [2.45, 2.75) is 56.8 Å². The lowest BCUT2D eigenvalue weighted by molar-refractivity contribution is -0.102. The van der Waals surface area contributed by atoms with Crippen LogP contribution in [0.1, 0.15) is 43.2 Å². The highest BCUT2D eigenvalue weighted by molar-refractivity contribution is 5.42. The number of phenolic OH excluding ortho intramolecular Hbond substituents is 1. The van der Waals surface area contributed by atoms with Crippen LogP contribution in [-0.4, -0.2) is 40.7 Å². The number of methoxy groups -OCH3 is 1. The maximum Gasteiger partial charge on any atom is 0.165 e. The zero-order chi connectivity index (χ0) is 17.2. The molecule has 7 atom stereocenters. The fourth-order valence-electron chi connectivity index (χ4n) is 5.85. The van der Waals surface area contributed by atoms with Crippen molar-refractivity contribution in [3.05, 3.63) is 29.1 Å². The van der Waals surface area contributed by atoms with Crippen LogP contribution in [0, 0.1) is 23.1 Å². The Kier molecular flexibility index (Phi) is 3.68. The van der Waals surface area contributed by atoms with Crippen LogP contribution in [0.3, 0.4) is 0 Å². The van der Waals surface area contributed by atoms with Gasteiger partial charge in [-0.05, 0) is 60.8 Å². The van der Waals surface area contributed by atoms with Crippen LogP contribution in [0.4, 0.5) is 4.39 Å². The molecular formula is C19H25FO4. The van der Waals surface area contributed by atoms with Crippen LogP contribution in [-0.2, 0) is 11.2 Å². The van der Waals surface area contributed by atoms with E-state index in [4.69, 9.17) is 4.74 Å². The van der Waals surface area contributed by atoms with E-state index in [2.05, 4.69) is 0 Å². The van der Waals surface area contributed by atoms with Crippen LogP contribution in [0.2, 0.25) is 0 Å². The molecule has 1 aromatic carbocycles. The first kappa shape index (κ1) is 16.3. The standard InChI is InChI=1S/C19H25FO4/c1-19-8-16(24-2)17-10(12(19)7-15(22)18(19)23)4-3-9-5-14(21)13(20)6-11(9)17/h5-6,10,12,15-18,21-23H,3-4,7-8H2,1-2H3/t10-,12-,15-,16-,17-,18-,19-/m0/s1. The summed E-state index contributed by atoms with van der Waals surface area (Å²) in [6, 6.07) is 3.00. The van der Waals surface area contributed by atoms with Gasteiger partial charge >= 0.3 is 0 Å². The van der Waals surface area contributed by atoms with Crippen molar-refractivity contribution >= 4 is 0 Å². The van der Waals surface area contributed by atoms with E-state index in [1.807, 2.05) is 6.92 Å². The Balaban J connectivity index is 1.80. The Morgan fingerprint density at radius 3 is 2.75 bits per heavy atom. The first-order valence-corrected chi connectivity index (χ1v) is 8.77. The molecule has 0 aliphatic heterocycles. The van der Waals surface area contributed by atoms with Gasteiger partial charge in [0, 0.05) is 18.4 Å². The summed E-state index contributed by atoms with van der Waals surface area (Å²) in [5, 5.41) is 30.5. The Labute approximate surface area is 141 Å². The van der Waals surface area contributed by atoms with Crippen molar-refractivity contribution in [3.8, 4) is 5.75 Å². The molecule has 3 N–H and O–H groups in total. The summed E-state index contributed by atoms with van der Waals surface area (Å²) >= 11 is 0. The Bertz CT molecular complexity index is 663. The first-order valence-electron chi connectivity index (χ1n) is 8.77. The van der Waals surface area contributed by atoms with Gasteiger partial charge in [-0.1, -0.05) is 6.92 Å². The monoisotopic (exact) mass is 336 g/mol. The third-order valence-corrected chi connectivity index (χ3v) is 7.02. The van der Waals surface area contributed by atoms with Crippen LogP contribution < -0.4 is 0 Å². The minimum absolute atomic E-state index is 0.0458. The lowest BCUT2D eigenvalue weighted by Crippen LogP contribution is -2.51. The molecule has 0 radical (unpaired) electrons. The molecule has 3 aliphatic carbocycles. The van der Waals surface area contributed by atoms with E-state index in [-0.39, 0.29) is 35.0 Å². The first-order chi connectivity index (χ1) is 11.4. The van der Waals surface area contributed by atoms with Crippen molar-refractivity contribution in [2.24, 2.45) is 17.3 Å². The van der Waals surface area contributed by atoms with Gasteiger partial charge < -0.3 is 20.1 Å². The van der Waals surface area contributed by atoms with Gasteiger partial charge in [0.1, 0.15) is 0 Å². The van der Waals surface area contributed by atoms with Crippen LogP contribution in [0.15, 0.2) is 12.1 Å². The van der Waals surface area contributed by atoms with E-state index in [0.717, 1.165) is 24.0 Å². The van der Waals surface area contributed by atoms with Gasteiger partial charge in [-0.3, -0.25) is 0 Å². The number of halogens is 1. The number of rotatable bonds is 1. The number of hydrogen-bond acceptors (Lipinski definition) is 4. The van der Waals surface area contributed by atoms with E-state index in [0.29, 0.717) is 12.8 Å². The predicted molar refractivity (Wildman–Crippen MR) is 86.3 cm³/mol. The Hall–Kier alpha value is -1.17. The molecular weight excluding hydrogens is 311 g/mol. The van der Waals surface area contributed by atoms with Gasteiger partial charge in [-0.25, -0.2) is 4.39 Å². The molecule has 4 nitrogen and oxygen atoms in total. The second kappa shape index (κ2) is 5.41. The molecule has 24 heavy (non-hydrogen) atoms. The summed E-state index contributed by atoms with van der Waals surface area (Å²) in [4.78, 5) is 0. The molecule has 132 valence electrons. The van der Waals surface area contributed by atoms with Crippen LogP contribution in [0.25, 0.3) is 0 Å². The topological polar surface area (TPSA) is 69.9 Å². The highest BCUT2D eigenvalue weighted by Gasteiger charge is 2.60. The number of phenols is 1. The van der Waals surface area contributed by atoms with Crippen molar-refractivity contribution in [1.29, 1.82) is 0 Å². The largest absolute Gasteiger partial charge is 0.505 e. The zero-order valence-corrected chi connectivity index (χ0v) is 14.1. The SMILES string of the molecule is CO[C@H]1C[C@]2(C)[C@@H](O)[C@@H](O)C[C@H]2[C@@H]2CCc3cc(O)c(F)cc3[C@H]21. The smallest absolute Gasteiger partial charge is 0.165 e. The highest BCUT2D eigenvalue weighted by Crippen LogP contribution is 2.61. The molecule has 0 heterocycles. The van der Waals surface area contributed by atoms with Crippen molar-refractivity contribution in [1.82, 2.24) is 0 Å². The van der Waals surface area contributed by atoms with Crippen molar-refractivity contribution < 1.29 is 24.4 Å². The van der Waals surface area contributed by atoms with Crippen molar-refractivity contribution in [2.75, 3.05) is 7.11 Å². The van der Waals surface area contributed by atoms with E-state index in [1.165, 1.54) is 6.07 Å². The molecule has 3 aliphatic rings. The summed E-state index contributed by atoms with van der Waals surface area (Å²) < 4.78 is 19.8. The van der Waals surface area contributed by atoms with E-state index in [1.54, 1.807) is 13.2 Å². The normalized spacial score (nSPS) is 43.9. The maximum absolute atomic E-state index is 14.0. The number of ether oxygens (including phenoxy) is 1. The number of fused-ring (bicyclic) bond motifs is 5. The molecule has 0 bridgehead atoms. The molecule has 2 fully saturated rings. The third kappa shape index (κ3) is 2.07. The lowest BCUT2D eigenvalue weighted by atomic mass is 9.54. The Morgan fingerprint density at radius 2 is 2.04 bits per heavy atom. The number of aromatic hydroxyl groups is 1. The number of hydrogen-bond donors (Lipinski definition) is 3. The summed E-state index contributed by atoms with van der Waals surface area (Å²) in [5.74, 6) is -0.400. The summed E-state index contributed by atoms with van der Waals surface area (Å²) in [5.41, 5.74) is 1.54. The van der Waals surface area contributed by atoms with Crippen molar-refractivity contribution in [3.63, 3.8) is 0 Å². The minimum atomic E-state index is -0.737. The fourth-order valence-corrected chi connectivity index (χ4v) is 5.85. The van der Waals surface area contributed by atoms with Gasteiger partial charge in [0.05, 0.1) is 18.3 Å². The average Bonchev–Trinajstić information content (AvgIpc) is 2.78. The molecule has 0 amide bonds. The predicted octanol–water partition coefficient (Wildman–Crippen LogP) is 2.34. The van der Waals surface area contributed by atoms with Gasteiger partial charge in [0.15, 0.2) is 11.6 Å². The molecule has 0 aromatic heterocycles. The molecule has 0 unspecified atom stereocenters. The quantitative estimate of drug-likeness (QED) is 0.736. The Morgan fingerprint density at radius 1 is 1.29 bits per heavy atom. The lowest BCUT2D eigenvalue weighted by Gasteiger charge is -2.53. The van der Waals surface area contributed by atoms with E-state index in [9.17, 15) is 19.7 Å². The van der Waals surface area contributed by atoms with Gasteiger partial charge in [-0.15, -0.1) is 0 Å². The highest BCUT2D eigenvalue weighted by atomic mass is 19.1. The number of aliphatic hydroxyl groups is 2. The van der Waals surface area contributed by atoms with Crippen LogP contribution >= 0.6 is 0 Å². The number of benzene rings is 1. The van der Waals surface area contributed by atoms with Crippen LogP contribution in [0.5, 0.6) is 5.75 Å². The van der Waals surface area contributed by atoms with Gasteiger partial charge in [0.2, 0.25) is 0 Å². The average molecular weight is 336 g/mol. The second-order valence-corrected chi connectivity index (χ2v) is 8.07. The molecule has 4 rings (SSSR count). The molecule has 2 saturated carbocycles. The molecule has 0 spiro atoms. The number of aryl methyl sites for hydroxylation is 1.